The van der Waals surface area contributed by atoms with Crippen LogP contribution < -0.4 is 5.32 Å². The molecule has 0 spiro atoms. The van der Waals surface area contributed by atoms with E-state index in [1.807, 2.05) is 29.2 Å². The monoisotopic (exact) mass is 358 g/mol. The van der Waals surface area contributed by atoms with Gasteiger partial charge in [-0.15, -0.1) is 11.3 Å². The lowest BCUT2D eigenvalue weighted by Gasteiger charge is -2.27. The number of amides is 1. The van der Waals surface area contributed by atoms with Gasteiger partial charge in [0.25, 0.3) is 5.91 Å². The van der Waals surface area contributed by atoms with Crippen molar-refractivity contribution in [3.05, 3.63) is 47.2 Å². The molecule has 0 aliphatic carbocycles. The first kappa shape index (κ1) is 15.5. The minimum Gasteiger partial charge on any atom is -0.336 e. The molecule has 7 heteroatoms. The Bertz CT molecular complexity index is 887. The third kappa shape index (κ3) is 3.00. The number of aromatic nitrogens is 2. The van der Waals surface area contributed by atoms with Crippen LogP contribution in [0.15, 0.2) is 36.5 Å². The molecule has 1 aliphatic heterocycles. The van der Waals surface area contributed by atoms with E-state index in [0.717, 1.165) is 47.0 Å². The number of hydrogen-bond acceptors (Lipinski definition) is 5. The molecule has 0 radical (unpaired) electrons. The van der Waals surface area contributed by atoms with E-state index in [9.17, 15) is 4.79 Å². The largest absolute Gasteiger partial charge is 0.336 e. The maximum atomic E-state index is 12.5. The summed E-state index contributed by atoms with van der Waals surface area (Å²) in [6.07, 6.45) is 1.66. The first-order valence-corrected chi connectivity index (χ1v) is 8.93. The fourth-order valence-electron chi connectivity index (χ4n) is 2.74. The second-order valence-corrected chi connectivity index (χ2v) is 7.07. The normalized spacial score (nSPS) is 15.0. The summed E-state index contributed by atoms with van der Waals surface area (Å²) in [5.74, 6) is 0.0420. The van der Waals surface area contributed by atoms with Gasteiger partial charge in [0.2, 0.25) is 0 Å². The number of hydrogen-bond donors (Lipinski definition) is 1. The number of piperazine rings is 1. The number of halogens is 1. The van der Waals surface area contributed by atoms with Gasteiger partial charge in [-0.1, -0.05) is 11.6 Å². The molecule has 1 aliphatic rings. The summed E-state index contributed by atoms with van der Waals surface area (Å²) in [5, 5.41) is 3.73. The van der Waals surface area contributed by atoms with Crippen LogP contribution in [0.25, 0.3) is 20.8 Å². The molecule has 4 rings (SSSR count). The molecule has 0 aromatic carbocycles. The van der Waals surface area contributed by atoms with E-state index in [1.54, 1.807) is 23.6 Å². The van der Waals surface area contributed by atoms with Crippen LogP contribution in [-0.4, -0.2) is 47.0 Å². The molecule has 0 atom stereocenters. The van der Waals surface area contributed by atoms with E-state index in [0.29, 0.717) is 10.7 Å². The molecule has 3 aromatic rings. The van der Waals surface area contributed by atoms with Crippen molar-refractivity contribution in [2.45, 2.75) is 0 Å². The summed E-state index contributed by atoms with van der Waals surface area (Å²) in [5.41, 5.74) is 2.33. The van der Waals surface area contributed by atoms with Gasteiger partial charge in [-0.05, 0) is 30.3 Å². The molecule has 122 valence electrons. The van der Waals surface area contributed by atoms with Crippen LogP contribution in [0.4, 0.5) is 0 Å². The Labute approximate surface area is 148 Å². The zero-order valence-corrected chi connectivity index (χ0v) is 14.4. The fourth-order valence-corrected chi connectivity index (χ4v) is 3.87. The Morgan fingerprint density at radius 1 is 1.21 bits per heavy atom. The molecule has 0 saturated carbocycles. The Morgan fingerprint density at radius 3 is 2.79 bits per heavy atom. The summed E-state index contributed by atoms with van der Waals surface area (Å²) in [7, 11) is 0. The molecule has 5 nitrogen and oxygen atoms in total. The summed E-state index contributed by atoms with van der Waals surface area (Å²) < 4.78 is 1.07. The van der Waals surface area contributed by atoms with Crippen LogP contribution in [0.2, 0.25) is 5.15 Å². The maximum absolute atomic E-state index is 12.5. The van der Waals surface area contributed by atoms with Gasteiger partial charge in [0.05, 0.1) is 26.4 Å². The summed E-state index contributed by atoms with van der Waals surface area (Å²) in [4.78, 5) is 24.1. The van der Waals surface area contributed by atoms with Crippen LogP contribution in [0.1, 0.15) is 10.4 Å². The highest BCUT2D eigenvalue weighted by atomic mass is 35.5. The lowest BCUT2D eigenvalue weighted by atomic mass is 10.2. The van der Waals surface area contributed by atoms with Crippen molar-refractivity contribution in [1.82, 2.24) is 20.2 Å². The number of carbonyl (C=O) groups is 1. The lowest BCUT2D eigenvalue weighted by molar-refractivity contribution is 0.0735. The van der Waals surface area contributed by atoms with Gasteiger partial charge >= 0.3 is 0 Å². The van der Waals surface area contributed by atoms with Crippen molar-refractivity contribution in [3.63, 3.8) is 0 Å². The van der Waals surface area contributed by atoms with E-state index in [2.05, 4.69) is 15.3 Å². The highest BCUT2D eigenvalue weighted by Crippen LogP contribution is 2.32. The number of fused-ring (bicyclic) bond motifs is 1. The minimum atomic E-state index is 0.0420. The molecule has 1 fully saturated rings. The van der Waals surface area contributed by atoms with Gasteiger partial charge in [0.1, 0.15) is 5.15 Å². The molecule has 0 unspecified atom stereocenters. The lowest BCUT2D eigenvalue weighted by Crippen LogP contribution is -2.46. The van der Waals surface area contributed by atoms with Crippen molar-refractivity contribution >= 4 is 39.1 Å². The summed E-state index contributed by atoms with van der Waals surface area (Å²) in [6, 6.07) is 9.46. The highest BCUT2D eigenvalue weighted by Gasteiger charge is 2.18. The summed E-state index contributed by atoms with van der Waals surface area (Å²) in [6.45, 7) is 3.16. The number of carbonyl (C=O) groups excluding carboxylic acids is 1. The zero-order chi connectivity index (χ0) is 16.5. The van der Waals surface area contributed by atoms with Gasteiger partial charge in [-0.25, -0.2) is 4.98 Å². The first-order valence-electron chi connectivity index (χ1n) is 7.73. The predicted octanol–water partition coefficient (Wildman–Crippen LogP) is 3.06. The predicted molar refractivity (Wildman–Crippen MR) is 96.6 cm³/mol. The average Bonchev–Trinajstić information content (AvgIpc) is 3.05. The second kappa shape index (κ2) is 6.47. The van der Waals surface area contributed by atoms with Crippen molar-refractivity contribution in [2.75, 3.05) is 26.2 Å². The van der Waals surface area contributed by atoms with E-state index in [4.69, 9.17) is 11.6 Å². The minimum absolute atomic E-state index is 0.0420. The maximum Gasteiger partial charge on any atom is 0.255 e. The number of nitrogens with zero attached hydrogens (tertiary/aromatic N) is 3. The van der Waals surface area contributed by atoms with Crippen LogP contribution in [0, 0.1) is 0 Å². The molecule has 4 heterocycles. The number of thiophene rings is 1. The smallest absolute Gasteiger partial charge is 0.255 e. The van der Waals surface area contributed by atoms with Crippen LogP contribution in [0.5, 0.6) is 0 Å². The van der Waals surface area contributed by atoms with Crippen molar-refractivity contribution in [3.8, 4) is 10.6 Å². The average molecular weight is 359 g/mol. The summed E-state index contributed by atoms with van der Waals surface area (Å²) >= 11 is 7.55. The third-order valence-corrected chi connectivity index (χ3v) is 5.33. The molecular formula is C17H15ClN4OS. The van der Waals surface area contributed by atoms with Crippen LogP contribution in [0.3, 0.4) is 0 Å². The van der Waals surface area contributed by atoms with Crippen LogP contribution in [-0.2, 0) is 0 Å². The first-order chi connectivity index (χ1) is 11.7. The van der Waals surface area contributed by atoms with Gasteiger partial charge in [-0.3, -0.25) is 9.78 Å². The number of nitrogens with one attached hydrogen (secondary N) is 1. The van der Waals surface area contributed by atoms with Crippen LogP contribution >= 0.6 is 22.9 Å². The standard InChI is InChI=1S/C17H15ClN4OS/c18-16-4-3-14-13(21-16)9-15(24-14)12-2-1-11(10-20-12)17(23)22-7-5-19-6-8-22/h1-4,9-10,19H,5-8H2. The van der Waals surface area contributed by atoms with E-state index < -0.39 is 0 Å². The van der Waals surface area contributed by atoms with E-state index in [-0.39, 0.29) is 5.91 Å². The molecule has 0 bridgehead atoms. The second-order valence-electron chi connectivity index (χ2n) is 5.60. The molecule has 1 N–H and O–H groups in total. The van der Waals surface area contributed by atoms with Crippen molar-refractivity contribution in [2.24, 2.45) is 0 Å². The molecular weight excluding hydrogens is 344 g/mol. The van der Waals surface area contributed by atoms with E-state index >= 15 is 0 Å². The molecule has 3 aromatic heterocycles. The number of rotatable bonds is 2. The Balaban J connectivity index is 1.59. The Hall–Kier alpha value is -2.02. The number of pyridine rings is 2. The van der Waals surface area contributed by atoms with E-state index in [1.165, 1.54) is 0 Å². The molecule has 1 amide bonds. The van der Waals surface area contributed by atoms with Gasteiger partial charge in [0, 0.05) is 32.4 Å². The van der Waals surface area contributed by atoms with Gasteiger partial charge < -0.3 is 10.2 Å². The molecule has 24 heavy (non-hydrogen) atoms. The Morgan fingerprint density at radius 2 is 2.04 bits per heavy atom. The zero-order valence-electron chi connectivity index (χ0n) is 12.8. The third-order valence-electron chi connectivity index (χ3n) is 4.01. The van der Waals surface area contributed by atoms with Crippen molar-refractivity contribution < 1.29 is 4.79 Å². The fraction of sp³-hybridized carbons (Fsp3) is 0.235. The quantitative estimate of drug-likeness (QED) is 0.715. The molecule has 1 saturated heterocycles. The Kier molecular flexibility index (Phi) is 4.18. The van der Waals surface area contributed by atoms with Crippen molar-refractivity contribution in [1.29, 1.82) is 0 Å². The van der Waals surface area contributed by atoms with Gasteiger partial charge in [0.15, 0.2) is 0 Å². The SMILES string of the molecule is O=C(c1ccc(-c2cc3nc(Cl)ccc3s2)nc1)N1CCNCC1. The van der Waals surface area contributed by atoms with Gasteiger partial charge in [-0.2, -0.15) is 0 Å². The topological polar surface area (TPSA) is 58.1 Å². The highest BCUT2D eigenvalue weighted by molar-refractivity contribution is 7.22.